The highest BCUT2D eigenvalue weighted by Gasteiger charge is 2.32. The summed E-state index contributed by atoms with van der Waals surface area (Å²) >= 11 is 1.26. The highest BCUT2D eigenvalue weighted by molar-refractivity contribution is 7.99. The zero-order chi connectivity index (χ0) is 23.9. The SMILES string of the molecule is C[C@@H]1Cc2ccccc2N1C(=O)CSc1nc2cc(C(F)(F)F)ccc2n1Cc1ccccc1. The third-order valence-corrected chi connectivity index (χ3v) is 6.99. The predicted octanol–water partition coefficient (Wildman–Crippen LogP) is 6.17. The first-order valence-corrected chi connectivity index (χ1v) is 11.9. The minimum Gasteiger partial charge on any atom is -0.314 e. The number of amides is 1. The monoisotopic (exact) mass is 481 g/mol. The topological polar surface area (TPSA) is 38.1 Å². The van der Waals surface area contributed by atoms with Crippen LogP contribution in [0.2, 0.25) is 0 Å². The van der Waals surface area contributed by atoms with E-state index in [1.807, 2.05) is 71.0 Å². The maximum absolute atomic E-state index is 13.3. The Balaban J connectivity index is 1.45. The number of aromatic nitrogens is 2. The second-order valence-electron chi connectivity index (χ2n) is 8.40. The molecule has 1 atom stereocenters. The molecule has 0 aliphatic carbocycles. The highest BCUT2D eigenvalue weighted by Crippen LogP contribution is 2.35. The van der Waals surface area contributed by atoms with Crippen molar-refractivity contribution in [1.29, 1.82) is 0 Å². The van der Waals surface area contributed by atoms with E-state index in [2.05, 4.69) is 4.98 Å². The van der Waals surface area contributed by atoms with Gasteiger partial charge in [-0.3, -0.25) is 4.79 Å². The van der Waals surface area contributed by atoms with E-state index in [1.165, 1.54) is 17.8 Å². The van der Waals surface area contributed by atoms with Crippen LogP contribution in [0.3, 0.4) is 0 Å². The van der Waals surface area contributed by atoms with E-state index in [4.69, 9.17) is 0 Å². The molecule has 34 heavy (non-hydrogen) atoms. The number of carbonyl (C=O) groups excluding carboxylic acids is 1. The number of hydrogen-bond acceptors (Lipinski definition) is 3. The van der Waals surface area contributed by atoms with E-state index in [1.54, 1.807) is 0 Å². The summed E-state index contributed by atoms with van der Waals surface area (Å²) in [5.41, 5.74) is 3.20. The van der Waals surface area contributed by atoms with Crippen molar-refractivity contribution in [2.75, 3.05) is 10.7 Å². The number of benzene rings is 3. The van der Waals surface area contributed by atoms with Gasteiger partial charge in [0.05, 0.1) is 28.9 Å². The van der Waals surface area contributed by atoms with Gasteiger partial charge in [0.25, 0.3) is 0 Å². The minimum atomic E-state index is -4.44. The van der Waals surface area contributed by atoms with E-state index >= 15 is 0 Å². The second kappa shape index (κ2) is 8.83. The molecule has 8 heteroatoms. The number of nitrogens with zero attached hydrogens (tertiary/aromatic N) is 3. The predicted molar refractivity (Wildman–Crippen MR) is 128 cm³/mol. The smallest absolute Gasteiger partial charge is 0.314 e. The van der Waals surface area contributed by atoms with Crippen LogP contribution in [0.4, 0.5) is 18.9 Å². The van der Waals surface area contributed by atoms with Gasteiger partial charge in [-0.15, -0.1) is 0 Å². The van der Waals surface area contributed by atoms with Crippen LogP contribution < -0.4 is 4.90 Å². The van der Waals surface area contributed by atoms with Gasteiger partial charge in [0.2, 0.25) is 5.91 Å². The molecule has 0 fully saturated rings. The number of anilines is 1. The van der Waals surface area contributed by atoms with Crippen molar-refractivity contribution in [2.45, 2.75) is 37.3 Å². The van der Waals surface area contributed by atoms with Crippen molar-refractivity contribution in [1.82, 2.24) is 9.55 Å². The van der Waals surface area contributed by atoms with Crippen molar-refractivity contribution in [2.24, 2.45) is 0 Å². The fraction of sp³-hybridized carbons (Fsp3) is 0.231. The van der Waals surface area contributed by atoms with Gasteiger partial charge in [-0.05, 0) is 48.7 Å². The van der Waals surface area contributed by atoms with E-state index < -0.39 is 11.7 Å². The molecule has 0 saturated heterocycles. The molecule has 0 unspecified atom stereocenters. The molecule has 1 aromatic heterocycles. The molecule has 2 heterocycles. The average Bonchev–Trinajstić information content (AvgIpc) is 3.33. The van der Waals surface area contributed by atoms with Crippen molar-refractivity contribution >= 4 is 34.4 Å². The molecule has 0 spiro atoms. The van der Waals surface area contributed by atoms with E-state index in [0.717, 1.165) is 35.4 Å². The number of carbonyl (C=O) groups is 1. The lowest BCUT2D eigenvalue weighted by Gasteiger charge is -2.22. The maximum atomic E-state index is 13.3. The summed E-state index contributed by atoms with van der Waals surface area (Å²) in [6.45, 7) is 2.47. The molecule has 0 N–H and O–H groups in total. The Morgan fingerprint density at radius 3 is 2.56 bits per heavy atom. The Morgan fingerprint density at radius 1 is 1.06 bits per heavy atom. The molecule has 4 aromatic rings. The molecule has 1 aliphatic rings. The summed E-state index contributed by atoms with van der Waals surface area (Å²) in [5.74, 6) is 0.0971. The van der Waals surface area contributed by atoms with Crippen molar-refractivity contribution < 1.29 is 18.0 Å². The molecule has 5 rings (SSSR count). The molecule has 3 aromatic carbocycles. The van der Waals surface area contributed by atoms with Gasteiger partial charge in [0.1, 0.15) is 0 Å². The van der Waals surface area contributed by atoms with Gasteiger partial charge in [-0.1, -0.05) is 60.3 Å². The van der Waals surface area contributed by atoms with Gasteiger partial charge >= 0.3 is 6.18 Å². The molecule has 0 saturated carbocycles. The summed E-state index contributed by atoms with van der Waals surface area (Å²) in [7, 11) is 0. The number of alkyl halides is 3. The van der Waals surface area contributed by atoms with Gasteiger partial charge < -0.3 is 9.47 Å². The first kappa shape index (κ1) is 22.5. The molecule has 1 aliphatic heterocycles. The molecule has 0 radical (unpaired) electrons. The number of fused-ring (bicyclic) bond motifs is 2. The minimum absolute atomic E-state index is 0.0447. The molecule has 174 valence electrons. The van der Waals surface area contributed by atoms with Crippen LogP contribution in [0.25, 0.3) is 11.0 Å². The van der Waals surface area contributed by atoms with Gasteiger partial charge in [-0.2, -0.15) is 13.2 Å². The zero-order valence-corrected chi connectivity index (χ0v) is 19.2. The normalized spacial score (nSPS) is 15.6. The van der Waals surface area contributed by atoms with Crippen LogP contribution in [-0.2, 0) is 23.9 Å². The molecule has 4 nitrogen and oxygen atoms in total. The van der Waals surface area contributed by atoms with Crippen LogP contribution >= 0.6 is 11.8 Å². The van der Waals surface area contributed by atoms with Crippen molar-refractivity contribution in [3.63, 3.8) is 0 Å². The number of halogens is 3. The fourth-order valence-electron chi connectivity index (χ4n) is 4.45. The lowest BCUT2D eigenvalue weighted by molar-refractivity contribution is -0.137. The van der Waals surface area contributed by atoms with Crippen LogP contribution in [0.1, 0.15) is 23.6 Å². The van der Waals surface area contributed by atoms with Crippen molar-refractivity contribution in [3.8, 4) is 0 Å². The van der Waals surface area contributed by atoms with Gasteiger partial charge in [-0.25, -0.2) is 4.98 Å². The molecule has 0 bridgehead atoms. The van der Waals surface area contributed by atoms with E-state index in [0.29, 0.717) is 17.2 Å². The van der Waals surface area contributed by atoms with Gasteiger partial charge in [0, 0.05) is 11.7 Å². The third-order valence-electron chi connectivity index (χ3n) is 6.02. The van der Waals surface area contributed by atoms with Crippen LogP contribution in [0.15, 0.2) is 78.0 Å². The summed E-state index contributed by atoms with van der Waals surface area (Å²) < 4.78 is 41.7. The summed E-state index contributed by atoms with van der Waals surface area (Å²) in [6.07, 6.45) is -3.64. The first-order valence-electron chi connectivity index (χ1n) is 11.0. The van der Waals surface area contributed by atoms with Gasteiger partial charge in [0.15, 0.2) is 5.16 Å². The van der Waals surface area contributed by atoms with E-state index in [9.17, 15) is 18.0 Å². The third kappa shape index (κ3) is 4.30. The Kier molecular flexibility index (Phi) is 5.85. The lowest BCUT2D eigenvalue weighted by Crippen LogP contribution is -2.37. The Labute approximate surface area is 199 Å². The molecular formula is C26H22F3N3OS. The van der Waals surface area contributed by atoms with E-state index in [-0.39, 0.29) is 23.2 Å². The Bertz CT molecular complexity index is 1350. The number of rotatable bonds is 5. The van der Waals surface area contributed by atoms with Crippen LogP contribution in [-0.4, -0.2) is 27.3 Å². The molecule has 1 amide bonds. The summed E-state index contributed by atoms with van der Waals surface area (Å²) in [4.78, 5) is 19.5. The quantitative estimate of drug-likeness (QED) is 0.320. The number of thioether (sulfide) groups is 1. The zero-order valence-electron chi connectivity index (χ0n) is 18.4. The lowest BCUT2D eigenvalue weighted by atomic mass is 10.1. The fourth-order valence-corrected chi connectivity index (χ4v) is 5.33. The first-order chi connectivity index (χ1) is 16.3. The summed E-state index contributed by atoms with van der Waals surface area (Å²) in [6, 6.07) is 21.2. The standard InChI is InChI=1S/C26H22F3N3OS/c1-17-13-19-9-5-6-10-22(19)32(17)24(33)16-34-25-30-21-14-20(26(27,28)29)11-12-23(21)31(25)15-18-7-3-2-4-8-18/h2-12,14,17H,13,15-16H2,1H3/t17-/m1/s1. The second-order valence-corrected chi connectivity index (χ2v) is 9.34. The number of para-hydroxylation sites is 1. The number of hydrogen-bond donors (Lipinski definition) is 0. The largest absolute Gasteiger partial charge is 0.416 e. The Morgan fingerprint density at radius 2 is 1.79 bits per heavy atom. The maximum Gasteiger partial charge on any atom is 0.416 e. The Hall–Kier alpha value is -3.26. The average molecular weight is 482 g/mol. The van der Waals surface area contributed by atoms with Crippen molar-refractivity contribution in [3.05, 3.63) is 89.5 Å². The summed E-state index contributed by atoms with van der Waals surface area (Å²) in [5, 5.41) is 0.520. The highest BCUT2D eigenvalue weighted by atomic mass is 32.2. The van der Waals surface area contributed by atoms with Crippen LogP contribution in [0.5, 0.6) is 0 Å². The molecular weight excluding hydrogens is 459 g/mol. The number of imidazole rings is 1. The van der Waals surface area contributed by atoms with Crippen LogP contribution in [0, 0.1) is 0 Å².